The molecule has 1 atom stereocenters. The van der Waals surface area contributed by atoms with Crippen molar-refractivity contribution >= 4 is 22.9 Å². The second kappa shape index (κ2) is 7.83. The first-order valence-corrected chi connectivity index (χ1v) is 9.98. The van der Waals surface area contributed by atoms with Crippen LogP contribution in [-0.4, -0.2) is 20.1 Å². The van der Waals surface area contributed by atoms with Gasteiger partial charge >= 0.3 is 0 Å². The zero-order chi connectivity index (χ0) is 19.7. The van der Waals surface area contributed by atoms with Crippen molar-refractivity contribution in [1.82, 2.24) is 15.0 Å². The Bertz CT molecular complexity index is 1110. The van der Waals surface area contributed by atoms with E-state index in [1.165, 1.54) is 23.6 Å². The van der Waals surface area contributed by atoms with Gasteiger partial charge in [0.25, 0.3) is 0 Å². The van der Waals surface area contributed by atoms with Gasteiger partial charge in [0, 0.05) is 39.6 Å². The summed E-state index contributed by atoms with van der Waals surface area (Å²) in [5.74, 6) is 0.143. The molecule has 0 radical (unpaired) electrons. The fourth-order valence-electron chi connectivity index (χ4n) is 2.97. The van der Waals surface area contributed by atoms with Crippen LogP contribution in [0.15, 0.2) is 54.9 Å². The van der Waals surface area contributed by atoms with Crippen LogP contribution in [0.2, 0.25) is 5.02 Å². The molecule has 0 aliphatic carbocycles. The van der Waals surface area contributed by atoms with E-state index in [-0.39, 0.29) is 0 Å². The van der Waals surface area contributed by atoms with Crippen molar-refractivity contribution in [3.63, 3.8) is 0 Å². The number of benzene rings is 1. The second-order valence-corrected chi connectivity index (χ2v) is 7.82. The minimum Gasteiger partial charge on any atom is -0.384 e. The Morgan fingerprint density at radius 3 is 2.64 bits per heavy atom. The fourth-order valence-corrected chi connectivity index (χ4v) is 4.24. The quantitative estimate of drug-likeness (QED) is 0.416. The van der Waals surface area contributed by atoms with E-state index in [9.17, 15) is 9.50 Å². The van der Waals surface area contributed by atoms with E-state index in [0.29, 0.717) is 22.0 Å². The summed E-state index contributed by atoms with van der Waals surface area (Å²) in [6.45, 7) is 2.04. The third kappa shape index (κ3) is 3.71. The smallest absolute Gasteiger partial charge is 0.213 e. The molecule has 0 saturated heterocycles. The first kappa shape index (κ1) is 18.8. The summed E-state index contributed by atoms with van der Waals surface area (Å²) in [5, 5.41) is 11.6. The molecule has 4 aromatic rings. The summed E-state index contributed by atoms with van der Waals surface area (Å²) in [7, 11) is 0. The number of aliphatic hydroxyl groups excluding tert-OH is 1. The molecule has 0 saturated carbocycles. The highest BCUT2D eigenvalue weighted by Crippen LogP contribution is 2.41. The Labute approximate surface area is 170 Å². The summed E-state index contributed by atoms with van der Waals surface area (Å²) in [6.07, 6.45) is 3.19. The summed E-state index contributed by atoms with van der Waals surface area (Å²) < 4.78 is 13.6. The van der Waals surface area contributed by atoms with Crippen LogP contribution in [-0.2, 0) is 6.42 Å². The number of halogens is 2. The standard InChI is InChI=1S/C21H17ClFN3OS/c1-2-15-11-25-21(26-15)20-16(19(27)12-3-5-14(22)6-4-12)10-17(28-20)13-7-8-24-18(23)9-13/h3-11,19,27H,2H2,1H3,(H,25,26). The third-order valence-electron chi connectivity index (χ3n) is 4.48. The molecule has 4 nitrogen and oxygen atoms in total. The van der Waals surface area contributed by atoms with Crippen molar-refractivity contribution in [3.8, 4) is 21.1 Å². The van der Waals surface area contributed by atoms with Crippen molar-refractivity contribution in [3.05, 3.63) is 82.6 Å². The van der Waals surface area contributed by atoms with Crippen molar-refractivity contribution in [2.24, 2.45) is 0 Å². The predicted octanol–water partition coefficient (Wildman–Crippen LogP) is 5.64. The van der Waals surface area contributed by atoms with Crippen molar-refractivity contribution in [2.75, 3.05) is 0 Å². The van der Waals surface area contributed by atoms with E-state index in [4.69, 9.17) is 11.6 Å². The van der Waals surface area contributed by atoms with E-state index < -0.39 is 12.1 Å². The van der Waals surface area contributed by atoms with Gasteiger partial charge in [-0.25, -0.2) is 9.97 Å². The SMILES string of the molecule is CCc1cnc(-c2sc(-c3ccnc(F)c3)cc2C(O)c2ccc(Cl)cc2)[nH]1. The van der Waals surface area contributed by atoms with Crippen LogP contribution in [0.3, 0.4) is 0 Å². The minimum atomic E-state index is -0.862. The summed E-state index contributed by atoms with van der Waals surface area (Å²) in [4.78, 5) is 13.0. The number of aliphatic hydroxyl groups is 1. The summed E-state index contributed by atoms with van der Waals surface area (Å²) >= 11 is 7.42. The molecule has 4 rings (SSSR count). The number of H-pyrrole nitrogens is 1. The molecule has 3 heterocycles. The fraction of sp³-hybridized carbons (Fsp3) is 0.143. The predicted molar refractivity (Wildman–Crippen MR) is 110 cm³/mol. The molecule has 3 aromatic heterocycles. The molecule has 1 unspecified atom stereocenters. The van der Waals surface area contributed by atoms with Crippen LogP contribution in [0.4, 0.5) is 4.39 Å². The Morgan fingerprint density at radius 1 is 1.18 bits per heavy atom. The number of pyridine rings is 1. The van der Waals surface area contributed by atoms with Crippen LogP contribution in [0, 0.1) is 5.95 Å². The van der Waals surface area contributed by atoms with Crippen molar-refractivity contribution < 1.29 is 9.50 Å². The average molecular weight is 414 g/mol. The molecule has 0 aliphatic rings. The summed E-state index contributed by atoms with van der Waals surface area (Å²) in [5.41, 5.74) is 3.14. The minimum absolute atomic E-state index is 0.543. The number of aromatic nitrogens is 3. The lowest BCUT2D eigenvalue weighted by Crippen LogP contribution is -2.00. The number of hydrogen-bond donors (Lipinski definition) is 2. The normalized spacial score (nSPS) is 12.3. The van der Waals surface area contributed by atoms with Gasteiger partial charge < -0.3 is 10.1 Å². The van der Waals surface area contributed by atoms with E-state index in [1.807, 2.05) is 13.0 Å². The van der Waals surface area contributed by atoms with Crippen molar-refractivity contribution in [1.29, 1.82) is 0 Å². The molecule has 28 heavy (non-hydrogen) atoms. The zero-order valence-corrected chi connectivity index (χ0v) is 16.6. The highest BCUT2D eigenvalue weighted by molar-refractivity contribution is 7.19. The molecule has 142 valence electrons. The Kier molecular flexibility index (Phi) is 5.26. The van der Waals surface area contributed by atoms with Gasteiger partial charge in [-0.15, -0.1) is 11.3 Å². The average Bonchev–Trinajstić information content (AvgIpc) is 3.35. The van der Waals surface area contributed by atoms with Crippen LogP contribution in [0.25, 0.3) is 21.1 Å². The van der Waals surface area contributed by atoms with E-state index in [2.05, 4.69) is 15.0 Å². The number of imidazole rings is 1. The highest BCUT2D eigenvalue weighted by Gasteiger charge is 2.22. The van der Waals surface area contributed by atoms with Crippen molar-refractivity contribution in [2.45, 2.75) is 19.4 Å². The molecule has 7 heteroatoms. The highest BCUT2D eigenvalue weighted by atomic mass is 35.5. The molecule has 1 aromatic carbocycles. The first-order valence-electron chi connectivity index (χ1n) is 8.78. The lowest BCUT2D eigenvalue weighted by atomic mass is 10.0. The van der Waals surface area contributed by atoms with Crippen LogP contribution < -0.4 is 0 Å². The molecular formula is C21H17ClFN3OS. The molecule has 2 N–H and O–H groups in total. The zero-order valence-electron chi connectivity index (χ0n) is 15.0. The molecule has 0 fully saturated rings. The molecular weight excluding hydrogens is 397 g/mol. The van der Waals surface area contributed by atoms with Gasteiger partial charge in [0.05, 0.1) is 4.88 Å². The topological polar surface area (TPSA) is 61.8 Å². The van der Waals surface area contributed by atoms with Gasteiger partial charge in [-0.1, -0.05) is 30.7 Å². The Hall–Kier alpha value is -2.54. The first-order chi connectivity index (χ1) is 13.5. The number of hydrogen-bond acceptors (Lipinski definition) is 4. The molecule has 0 amide bonds. The van der Waals surface area contributed by atoms with Gasteiger partial charge in [0.2, 0.25) is 5.95 Å². The van der Waals surface area contributed by atoms with Gasteiger partial charge in [0.15, 0.2) is 0 Å². The third-order valence-corrected chi connectivity index (χ3v) is 5.94. The Balaban J connectivity index is 1.83. The number of aryl methyl sites for hydroxylation is 1. The van der Waals surface area contributed by atoms with E-state index >= 15 is 0 Å². The maximum absolute atomic E-state index is 13.6. The van der Waals surface area contributed by atoms with Gasteiger partial charge in [0.1, 0.15) is 11.9 Å². The largest absolute Gasteiger partial charge is 0.384 e. The van der Waals surface area contributed by atoms with Gasteiger partial charge in [-0.3, -0.25) is 0 Å². The van der Waals surface area contributed by atoms with Crippen LogP contribution in [0.5, 0.6) is 0 Å². The van der Waals surface area contributed by atoms with Crippen LogP contribution >= 0.6 is 22.9 Å². The second-order valence-electron chi connectivity index (χ2n) is 6.33. The number of thiophene rings is 1. The Morgan fingerprint density at radius 2 is 1.96 bits per heavy atom. The number of nitrogens with zero attached hydrogens (tertiary/aromatic N) is 2. The molecule has 0 spiro atoms. The lowest BCUT2D eigenvalue weighted by molar-refractivity contribution is 0.221. The number of nitrogens with one attached hydrogen (secondary N) is 1. The lowest BCUT2D eigenvalue weighted by Gasteiger charge is -2.11. The number of rotatable bonds is 5. The molecule has 0 bridgehead atoms. The van der Waals surface area contributed by atoms with Crippen LogP contribution in [0.1, 0.15) is 29.8 Å². The monoisotopic (exact) mass is 413 g/mol. The molecule has 0 aliphatic heterocycles. The number of aromatic amines is 1. The van der Waals surface area contributed by atoms with E-state index in [0.717, 1.165) is 27.4 Å². The maximum Gasteiger partial charge on any atom is 0.213 e. The maximum atomic E-state index is 13.6. The van der Waals surface area contributed by atoms with Gasteiger partial charge in [-0.2, -0.15) is 4.39 Å². The van der Waals surface area contributed by atoms with Gasteiger partial charge in [-0.05, 0) is 41.8 Å². The van der Waals surface area contributed by atoms with E-state index in [1.54, 1.807) is 36.5 Å². The summed E-state index contributed by atoms with van der Waals surface area (Å²) in [6, 6.07) is 12.1.